The molecule has 0 unspecified atom stereocenters. The van der Waals surface area contributed by atoms with Crippen LogP contribution in [0.3, 0.4) is 0 Å². The fourth-order valence-corrected chi connectivity index (χ4v) is 1.60. The molecule has 0 aliphatic carbocycles. The topological polar surface area (TPSA) is 62.6 Å². The molecule has 1 aromatic carbocycles. The van der Waals surface area contributed by atoms with E-state index in [2.05, 4.69) is 4.98 Å². The molecule has 2 aromatic rings. The van der Waals surface area contributed by atoms with Crippen LogP contribution in [0.2, 0.25) is 0 Å². The van der Waals surface area contributed by atoms with E-state index in [4.69, 9.17) is 14.9 Å². The molecular formula is C14H15NO3. The van der Waals surface area contributed by atoms with Crippen molar-refractivity contribution < 1.29 is 14.9 Å². The van der Waals surface area contributed by atoms with Crippen molar-refractivity contribution in [2.45, 2.75) is 13.0 Å². The summed E-state index contributed by atoms with van der Waals surface area (Å²) in [6, 6.07) is 11.0. The summed E-state index contributed by atoms with van der Waals surface area (Å²) in [5.74, 6) is 1.36. The number of hydrogen-bond acceptors (Lipinski definition) is 4. The van der Waals surface area contributed by atoms with Crippen LogP contribution in [-0.4, -0.2) is 21.8 Å². The lowest BCUT2D eigenvalue weighted by molar-refractivity contribution is 0.276. The lowest BCUT2D eigenvalue weighted by Gasteiger charge is -2.07. The summed E-state index contributed by atoms with van der Waals surface area (Å²) in [6.45, 7) is 0.0387. The number of aliphatic hydroxyl groups excluding tert-OH is 2. The van der Waals surface area contributed by atoms with Gasteiger partial charge in [0.1, 0.15) is 11.5 Å². The third-order valence-electron chi connectivity index (χ3n) is 2.51. The molecule has 2 N–H and O–H groups in total. The van der Waals surface area contributed by atoms with Crippen molar-refractivity contribution in [2.24, 2.45) is 0 Å². The number of rotatable bonds is 5. The molecule has 0 saturated carbocycles. The number of aromatic nitrogens is 1. The molecule has 0 spiro atoms. The van der Waals surface area contributed by atoms with Gasteiger partial charge < -0.3 is 14.9 Å². The van der Waals surface area contributed by atoms with Crippen LogP contribution in [0.15, 0.2) is 42.6 Å². The van der Waals surface area contributed by atoms with Crippen LogP contribution in [0.1, 0.15) is 11.3 Å². The summed E-state index contributed by atoms with van der Waals surface area (Å²) < 4.78 is 5.64. The van der Waals surface area contributed by atoms with E-state index < -0.39 is 0 Å². The van der Waals surface area contributed by atoms with E-state index in [1.807, 2.05) is 24.3 Å². The molecule has 0 aliphatic heterocycles. The Bertz CT molecular complexity index is 497. The molecule has 0 aliphatic rings. The van der Waals surface area contributed by atoms with Crippen molar-refractivity contribution in [1.82, 2.24) is 4.98 Å². The Hall–Kier alpha value is -1.91. The quantitative estimate of drug-likeness (QED) is 0.844. The second-order valence-corrected chi connectivity index (χ2v) is 3.86. The van der Waals surface area contributed by atoms with E-state index in [1.54, 1.807) is 18.3 Å². The van der Waals surface area contributed by atoms with Crippen LogP contribution in [-0.2, 0) is 13.0 Å². The highest BCUT2D eigenvalue weighted by molar-refractivity contribution is 5.33. The van der Waals surface area contributed by atoms with E-state index in [0.717, 1.165) is 5.56 Å². The van der Waals surface area contributed by atoms with Gasteiger partial charge in [-0.2, -0.15) is 0 Å². The van der Waals surface area contributed by atoms with Gasteiger partial charge >= 0.3 is 0 Å². The summed E-state index contributed by atoms with van der Waals surface area (Å²) in [4.78, 5) is 3.98. The first-order chi connectivity index (χ1) is 8.81. The molecular weight excluding hydrogens is 230 g/mol. The number of pyridine rings is 1. The van der Waals surface area contributed by atoms with Crippen LogP contribution in [0.25, 0.3) is 0 Å². The second-order valence-electron chi connectivity index (χ2n) is 3.86. The third kappa shape index (κ3) is 3.29. The van der Waals surface area contributed by atoms with Gasteiger partial charge in [-0.25, -0.2) is 0 Å². The molecule has 0 radical (unpaired) electrons. The molecule has 0 amide bonds. The molecule has 94 valence electrons. The largest absolute Gasteiger partial charge is 0.457 e. The van der Waals surface area contributed by atoms with Crippen LogP contribution < -0.4 is 4.74 Å². The Morgan fingerprint density at radius 3 is 2.44 bits per heavy atom. The molecule has 0 fully saturated rings. The van der Waals surface area contributed by atoms with Gasteiger partial charge in [-0.15, -0.1) is 0 Å². The predicted octanol–water partition coefficient (Wildman–Crippen LogP) is 1.90. The summed E-state index contributed by atoms with van der Waals surface area (Å²) in [5, 5.41) is 17.8. The van der Waals surface area contributed by atoms with Crippen molar-refractivity contribution in [3.8, 4) is 11.5 Å². The van der Waals surface area contributed by atoms with Crippen LogP contribution >= 0.6 is 0 Å². The minimum Gasteiger partial charge on any atom is -0.457 e. The summed E-state index contributed by atoms with van der Waals surface area (Å²) in [5.41, 5.74) is 1.64. The van der Waals surface area contributed by atoms with Crippen molar-refractivity contribution in [3.63, 3.8) is 0 Å². The zero-order valence-corrected chi connectivity index (χ0v) is 9.91. The minimum atomic E-state index is -0.105. The Kier molecular flexibility index (Phi) is 4.28. The van der Waals surface area contributed by atoms with Gasteiger partial charge in [0.15, 0.2) is 0 Å². The smallest absolute Gasteiger partial charge is 0.130 e. The van der Waals surface area contributed by atoms with Gasteiger partial charge in [0.2, 0.25) is 0 Å². The highest BCUT2D eigenvalue weighted by atomic mass is 16.5. The zero-order valence-electron chi connectivity index (χ0n) is 9.91. The van der Waals surface area contributed by atoms with Crippen LogP contribution in [0.5, 0.6) is 11.5 Å². The van der Waals surface area contributed by atoms with E-state index in [-0.39, 0.29) is 13.2 Å². The van der Waals surface area contributed by atoms with Gasteiger partial charge in [0.25, 0.3) is 0 Å². The number of aliphatic hydroxyl groups is 2. The van der Waals surface area contributed by atoms with Gasteiger partial charge in [0, 0.05) is 18.9 Å². The lowest BCUT2D eigenvalue weighted by Crippen LogP contribution is -1.92. The van der Waals surface area contributed by atoms with E-state index in [0.29, 0.717) is 23.6 Å². The van der Waals surface area contributed by atoms with Crippen molar-refractivity contribution in [2.75, 3.05) is 6.61 Å². The molecule has 0 saturated heterocycles. The summed E-state index contributed by atoms with van der Waals surface area (Å²) >= 11 is 0. The maximum atomic E-state index is 8.98. The Morgan fingerprint density at radius 1 is 1.00 bits per heavy atom. The fourth-order valence-electron chi connectivity index (χ4n) is 1.60. The molecule has 0 bridgehead atoms. The van der Waals surface area contributed by atoms with Crippen LogP contribution in [0.4, 0.5) is 0 Å². The first-order valence-corrected chi connectivity index (χ1v) is 5.75. The highest BCUT2D eigenvalue weighted by Gasteiger charge is 2.00. The van der Waals surface area contributed by atoms with Gasteiger partial charge in [0.05, 0.1) is 12.3 Å². The molecule has 2 rings (SSSR count). The number of ether oxygens (including phenoxy) is 1. The molecule has 1 aromatic heterocycles. The first kappa shape index (κ1) is 12.5. The fraction of sp³-hybridized carbons (Fsp3) is 0.214. The van der Waals surface area contributed by atoms with Crippen molar-refractivity contribution >= 4 is 0 Å². The lowest BCUT2D eigenvalue weighted by atomic mass is 10.1. The van der Waals surface area contributed by atoms with Gasteiger partial charge in [-0.1, -0.05) is 12.1 Å². The Morgan fingerprint density at radius 2 is 1.78 bits per heavy atom. The maximum absolute atomic E-state index is 8.98. The second kappa shape index (κ2) is 6.14. The van der Waals surface area contributed by atoms with Gasteiger partial charge in [-0.3, -0.25) is 4.98 Å². The zero-order chi connectivity index (χ0) is 12.8. The minimum absolute atomic E-state index is 0.105. The van der Waals surface area contributed by atoms with E-state index in [9.17, 15) is 0 Å². The molecule has 18 heavy (non-hydrogen) atoms. The van der Waals surface area contributed by atoms with E-state index in [1.165, 1.54) is 0 Å². The monoisotopic (exact) mass is 245 g/mol. The van der Waals surface area contributed by atoms with E-state index >= 15 is 0 Å². The normalized spacial score (nSPS) is 10.3. The third-order valence-corrected chi connectivity index (χ3v) is 2.51. The standard InChI is InChI=1S/C14H15NO3/c16-8-6-11-1-3-13(4-2-11)18-14-5-7-15-12(9-14)10-17/h1-5,7,9,16-17H,6,8,10H2. The number of benzene rings is 1. The summed E-state index contributed by atoms with van der Waals surface area (Å²) in [7, 11) is 0. The van der Waals surface area contributed by atoms with Gasteiger partial charge in [-0.05, 0) is 30.2 Å². The van der Waals surface area contributed by atoms with Crippen molar-refractivity contribution in [1.29, 1.82) is 0 Å². The highest BCUT2D eigenvalue weighted by Crippen LogP contribution is 2.21. The average molecular weight is 245 g/mol. The number of hydrogen-bond donors (Lipinski definition) is 2. The molecule has 4 heteroatoms. The average Bonchev–Trinajstić information content (AvgIpc) is 2.42. The SMILES string of the molecule is OCCc1ccc(Oc2ccnc(CO)c2)cc1. The molecule has 4 nitrogen and oxygen atoms in total. The predicted molar refractivity (Wildman–Crippen MR) is 67.5 cm³/mol. The van der Waals surface area contributed by atoms with Crippen molar-refractivity contribution in [3.05, 3.63) is 53.9 Å². The maximum Gasteiger partial charge on any atom is 0.130 e. The summed E-state index contributed by atoms with van der Waals surface area (Å²) in [6.07, 6.45) is 2.24. The Balaban J connectivity index is 2.08. The Labute approximate surface area is 106 Å². The number of nitrogens with zero attached hydrogens (tertiary/aromatic N) is 1. The van der Waals surface area contributed by atoms with Crippen LogP contribution in [0, 0.1) is 0 Å². The first-order valence-electron chi connectivity index (χ1n) is 5.75. The molecule has 0 atom stereocenters. The molecule has 1 heterocycles.